The van der Waals surface area contributed by atoms with Gasteiger partial charge >= 0.3 is 5.63 Å². The van der Waals surface area contributed by atoms with E-state index in [9.17, 15) is 9.18 Å². The van der Waals surface area contributed by atoms with Crippen LogP contribution in [0.15, 0.2) is 58.0 Å². The normalized spacial score (nSPS) is 10.9. The molecule has 1 aromatic carbocycles. The smallest absolute Gasteiger partial charge is 0.344 e. The van der Waals surface area contributed by atoms with Gasteiger partial charge in [-0.3, -0.25) is 0 Å². The van der Waals surface area contributed by atoms with E-state index in [1.807, 2.05) is 0 Å². The molecule has 4 aromatic rings. The molecule has 0 saturated carbocycles. The van der Waals surface area contributed by atoms with E-state index in [0.717, 1.165) is 6.07 Å². The molecule has 4 rings (SSSR count). The molecule has 0 aliphatic carbocycles. The van der Waals surface area contributed by atoms with Crippen molar-refractivity contribution in [2.45, 2.75) is 0 Å². The molecule has 3 heterocycles. The number of benzene rings is 1. The predicted molar refractivity (Wildman–Crippen MR) is 92.0 cm³/mol. The van der Waals surface area contributed by atoms with Gasteiger partial charge in [0.2, 0.25) is 0 Å². The molecule has 4 nitrogen and oxygen atoms in total. The van der Waals surface area contributed by atoms with Gasteiger partial charge in [0, 0.05) is 12.4 Å². The van der Waals surface area contributed by atoms with Gasteiger partial charge in [-0.25, -0.2) is 14.2 Å². The van der Waals surface area contributed by atoms with Crippen LogP contribution >= 0.6 is 28.6 Å². The van der Waals surface area contributed by atoms with Crippen LogP contribution in [-0.2, 0) is 0 Å². The van der Waals surface area contributed by atoms with Crippen LogP contribution in [0.1, 0.15) is 0 Å². The van der Waals surface area contributed by atoms with Crippen molar-refractivity contribution >= 4 is 45.0 Å². The zero-order valence-electron chi connectivity index (χ0n) is 11.5. The molecule has 0 saturated heterocycles. The minimum atomic E-state index is -0.602. The van der Waals surface area contributed by atoms with E-state index in [1.165, 1.54) is 12.1 Å². The van der Waals surface area contributed by atoms with E-state index in [-0.39, 0.29) is 22.4 Å². The lowest BCUT2D eigenvalue weighted by Crippen LogP contribution is -2.00. The van der Waals surface area contributed by atoms with Gasteiger partial charge in [0.1, 0.15) is 11.5 Å². The Balaban J connectivity index is 0.00000156. The number of pyridine rings is 1. The zero-order chi connectivity index (χ0) is 15.3. The highest BCUT2D eigenvalue weighted by Gasteiger charge is 2.12. The zero-order valence-corrected chi connectivity index (χ0v) is 14.0. The van der Waals surface area contributed by atoms with E-state index in [4.69, 9.17) is 16.0 Å². The number of nitrogens with zero attached hydrogens (tertiary/aromatic N) is 2. The fraction of sp³-hybridized carbons (Fsp3) is 0. The Hall–Kier alpha value is -2.18. The third kappa shape index (κ3) is 2.64. The van der Waals surface area contributed by atoms with E-state index in [0.29, 0.717) is 27.5 Å². The lowest BCUT2D eigenvalue weighted by molar-refractivity contribution is 0.532. The fourth-order valence-corrected chi connectivity index (χ4v) is 2.59. The van der Waals surface area contributed by atoms with Crippen LogP contribution in [0.25, 0.3) is 27.9 Å². The van der Waals surface area contributed by atoms with Crippen molar-refractivity contribution in [2.75, 3.05) is 0 Å². The third-order valence-corrected chi connectivity index (χ3v) is 3.71. The average Bonchev–Trinajstić information content (AvgIpc) is 2.93. The van der Waals surface area contributed by atoms with Gasteiger partial charge in [-0.15, -0.1) is 17.0 Å². The third-order valence-electron chi connectivity index (χ3n) is 3.41. The fourth-order valence-electron chi connectivity index (χ4n) is 2.38. The molecule has 0 unspecified atom stereocenters. The van der Waals surface area contributed by atoms with E-state index < -0.39 is 11.4 Å². The van der Waals surface area contributed by atoms with Gasteiger partial charge in [-0.2, -0.15) is 0 Å². The molecule has 7 heteroatoms. The van der Waals surface area contributed by atoms with Gasteiger partial charge in [-0.05, 0) is 35.7 Å². The number of rotatable bonds is 1. The van der Waals surface area contributed by atoms with Crippen molar-refractivity contribution in [2.24, 2.45) is 0 Å². The second-order valence-corrected chi connectivity index (χ2v) is 5.25. The molecular formula is C16H9BrClFN2O2. The molecule has 0 spiro atoms. The minimum Gasteiger partial charge on any atom is -0.421 e. The second-order valence-electron chi connectivity index (χ2n) is 4.84. The van der Waals surface area contributed by atoms with Crippen molar-refractivity contribution in [3.63, 3.8) is 0 Å². The molecule has 0 atom stereocenters. The maximum atomic E-state index is 13.2. The summed E-state index contributed by atoms with van der Waals surface area (Å²) in [7, 11) is 0. The molecule has 3 aromatic heterocycles. The number of hydrogen-bond acceptors (Lipinski definition) is 3. The summed E-state index contributed by atoms with van der Waals surface area (Å²) in [4.78, 5) is 16.4. The molecule has 0 aliphatic heterocycles. The Morgan fingerprint density at radius 2 is 2.04 bits per heavy atom. The molecule has 0 fully saturated rings. The molecule has 23 heavy (non-hydrogen) atoms. The number of imidazole rings is 1. The van der Waals surface area contributed by atoms with Crippen LogP contribution in [0.2, 0.25) is 5.02 Å². The van der Waals surface area contributed by atoms with Crippen LogP contribution in [0, 0.1) is 5.82 Å². The average molecular weight is 396 g/mol. The maximum absolute atomic E-state index is 13.2. The van der Waals surface area contributed by atoms with Crippen LogP contribution in [0.5, 0.6) is 0 Å². The summed E-state index contributed by atoms with van der Waals surface area (Å²) in [5.41, 5.74) is 0.451. The van der Waals surface area contributed by atoms with Gasteiger partial charge in [0.15, 0.2) is 11.4 Å². The van der Waals surface area contributed by atoms with E-state index in [2.05, 4.69) is 4.98 Å². The summed E-state index contributed by atoms with van der Waals surface area (Å²) in [5, 5.41) is 1.29. The quantitative estimate of drug-likeness (QED) is 0.477. The summed E-state index contributed by atoms with van der Waals surface area (Å²) in [6, 6.07) is 9.17. The number of aromatic nitrogens is 2. The summed E-state index contributed by atoms with van der Waals surface area (Å²) >= 11 is 6.08. The largest absolute Gasteiger partial charge is 0.421 e. The standard InChI is InChI=1S/C16H8ClFN2O2.BrH/c17-12-2-1-5-20-8-13(19-15(12)20)14-6-9-3-4-10(18)7-11(9)16(21)22-14;/h1-8H;1H. The van der Waals surface area contributed by atoms with Crippen molar-refractivity contribution in [1.29, 1.82) is 0 Å². The lowest BCUT2D eigenvalue weighted by Gasteiger charge is -1.99. The Morgan fingerprint density at radius 3 is 2.83 bits per heavy atom. The Labute approximate surface area is 144 Å². The molecule has 0 radical (unpaired) electrons. The first-order chi connectivity index (χ1) is 10.6. The highest BCUT2D eigenvalue weighted by atomic mass is 79.9. The van der Waals surface area contributed by atoms with Gasteiger partial charge < -0.3 is 8.82 Å². The van der Waals surface area contributed by atoms with Crippen molar-refractivity contribution in [1.82, 2.24) is 9.38 Å². The van der Waals surface area contributed by atoms with E-state index >= 15 is 0 Å². The highest BCUT2D eigenvalue weighted by molar-refractivity contribution is 8.93. The van der Waals surface area contributed by atoms with Gasteiger partial charge in [0.05, 0.1) is 10.4 Å². The van der Waals surface area contributed by atoms with Crippen LogP contribution in [-0.4, -0.2) is 9.38 Å². The lowest BCUT2D eigenvalue weighted by atomic mass is 10.1. The highest BCUT2D eigenvalue weighted by Crippen LogP contribution is 2.24. The molecule has 116 valence electrons. The van der Waals surface area contributed by atoms with Crippen molar-refractivity contribution in [3.05, 3.63) is 70.1 Å². The number of hydrogen-bond donors (Lipinski definition) is 0. The predicted octanol–water partition coefficient (Wildman–Crippen LogP) is 4.48. The first kappa shape index (κ1) is 15.7. The SMILES string of the molecule is Br.O=c1oc(-c2cn3cccc(Cl)c3n2)cc2ccc(F)cc12. The van der Waals surface area contributed by atoms with E-state index in [1.54, 1.807) is 35.0 Å². The van der Waals surface area contributed by atoms with Crippen molar-refractivity contribution in [3.8, 4) is 11.5 Å². The summed E-state index contributed by atoms with van der Waals surface area (Å²) < 4.78 is 20.2. The molecule has 0 amide bonds. The maximum Gasteiger partial charge on any atom is 0.344 e. The second kappa shape index (κ2) is 5.79. The molecule has 0 bridgehead atoms. The molecular weight excluding hydrogens is 387 g/mol. The first-order valence-corrected chi connectivity index (χ1v) is 6.86. The number of halogens is 3. The Morgan fingerprint density at radius 1 is 1.22 bits per heavy atom. The number of fused-ring (bicyclic) bond motifs is 2. The van der Waals surface area contributed by atoms with Crippen LogP contribution in [0.4, 0.5) is 4.39 Å². The molecule has 0 N–H and O–H groups in total. The van der Waals surface area contributed by atoms with Crippen LogP contribution in [0.3, 0.4) is 0 Å². The van der Waals surface area contributed by atoms with Crippen molar-refractivity contribution < 1.29 is 8.81 Å². The summed E-state index contributed by atoms with van der Waals surface area (Å²) in [6.07, 6.45) is 3.51. The van der Waals surface area contributed by atoms with Gasteiger partial charge in [-0.1, -0.05) is 17.7 Å². The summed E-state index contributed by atoms with van der Waals surface area (Å²) in [5.74, 6) is -0.170. The van der Waals surface area contributed by atoms with Crippen LogP contribution < -0.4 is 5.63 Å². The monoisotopic (exact) mass is 394 g/mol. The first-order valence-electron chi connectivity index (χ1n) is 6.49. The molecule has 0 aliphatic rings. The Kier molecular flexibility index (Phi) is 3.95. The Bertz CT molecular complexity index is 1090. The topological polar surface area (TPSA) is 47.5 Å². The minimum absolute atomic E-state index is 0. The van der Waals surface area contributed by atoms with Gasteiger partial charge in [0.25, 0.3) is 0 Å². The summed E-state index contributed by atoms with van der Waals surface area (Å²) in [6.45, 7) is 0.